The van der Waals surface area contributed by atoms with Crippen molar-refractivity contribution in [2.45, 2.75) is 19.8 Å². The molecule has 15 heavy (non-hydrogen) atoms. The van der Waals surface area contributed by atoms with Crippen molar-refractivity contribution in [3.8, 4) is 11.8 Å². The zero-order valence-electron chi connectivity index (χ0n) is 8.31. The third kappa shape index (κ3) is 3.51. The van der Waals surface area contributed by atoms with E-state index >= 15 is 0 Å². The molecule has 0 spiro atoms. The van der Waals surface area contributed by atoms with Crippen LogP contribution in [0.3, 0.4) is 0 Å². The van der Waals surface area contributed by atoms with Crippen LogP contribution < -0.4 is 0 Å². The fraction of sp³-hybridized carbons (Fsp3) is 0.250. The van der Waals surface area contributed by atoms with Crippen molar-refractivity contribution in [2.75, 3.05) is 0 Å². The van der Waals surface area contributed by atoms with Gasteiger partial charge >= 0.3 is 0 Å². The smallest absolute Gasteiger partial charge is 0.159 e. The zero-order chi connectivity index (χ0) is 11.3. The van der Waals surface area contributed by atoms with E-state index in [4.69, 9.17) is 0 Å². The first-order valence-electron chi connectivity index (χ1n) is 4.48. The van der Waals surface area contributed by atoms with E-state index in [2.05, 4.69) is 11.8 Å². The summed E-state index contributed by atoms with van der Waals surface area (Å²) in [5.41, 5.74) is 0.469. The van der Waals surface area contributed by atoms with Crippen molar-refractivity contribution in [3.05, 3.63) is 35.4 Å². The molecule has 0 saturated heterocycles. The molecule has 0 radical (unpaired) electrons. The molecular weight excluding hydrogens is 198 g/mol. The van der Waals surface area contributed by atoms with E-state index in [9.17, 15) is 13.6 Å². The number of hydrogen-bond acceptors (Lipinski definition) is 1. The number of halogens is 2. The Labute approximate surface area is 87.1 Å². The van der Waals surface area contributed by atoms with Gasteiger partial charge in [-0.3, -0.25) is 4.79 Å². The number of benzene rings is 1. The van der Waals surface area contributed by atoms with Crippen molar-refractivity contribution in [1.82, 2.24) is 0 Å². The second-order valence-electron chi connectivity index (χ2n) is 3.07. The summed E-state index contributed by atoms with van der Waals surface area (Å²) >= 11 is 0. The SMILES string of the molecule is CC#CCC(=O)Cc1ccc(F)c(F)c1. The minimum absolute atomic E-state index is 0.0892. The molecule has 0 fully saturated rings. The second-order valence-corrected chi connectivity index (χ2v) is 3.07. The van der Waals surface area contributed by atoms with Gasteiger partial charge in [-0.2, -0.15) is 0 Å². The van der Waals surface area contributed by atoms with Crippen LogP contribution in [0.1, 0.15) is 18.9 Å². The molecule has 78 valence electrons. The van der Waals surface area contributed by atoms with Crippen LogP contribution in [0.15, 0.2) is 18.2 Å². The van der Waals surface area contributed by atoms with E-state index in [1.165, 1.54) is 6.07 Å². The molecule has 0 N–H and O–H groups in total. The molecule has 0 unspecified atom stereocenters. The summed E-state index contributed by atoms with van der Waals surface area (Å²) in [5, 5.41) is 0. The molecule has 0 heterocycles. The third-order valence-corrected chi connectivity index (χ3v) is 1.85. The van der Waals surface area contributed by atoms with Crippen LogP contribution in [0.25, 0.3) is 0 Å². The first kappa shape index (κ1) is 11.4. The standard InChI is InChI=1S/C12H10F2O/c1-2-3-4-10(15)7-9-5-6-11(13)12(14)8-9/h5-6,8H,4,7H2,1H3. The van der Waals surface area contributed by atoms with Crippen molar-refractivity contribution in [1.29, 1.82) is 0 Å². The molecule has 0 aromatic heterocycles. The van der Waals surface area contributed by atoms with E-state index in [1.54, 1.807) is 6.92 Å². The number of carbonyl (C=O) groups excluding carboxylic acids is 1. The highest BCUT2D eigenvalue weighted by molar-refractivity contribution is 5.83. The van der Waals surface area contributed by atoms with Gasteiger partial charge in [0.25, 0.3) is 0 Å². The minimum Gasteiger partial charge on any atom is -0.298 e. The van der Waals surface area contributed by atoms with Crippen molar-refractivity contribution < 1.29 is 13.6 Å². The summed E-state index contributed by atoms with van der Waals surface area (Å²) in [6, 6.07) is 3.45. The molecule has 1 nitrogen and oxygen atoms in total. The van der Waals surface area contributed by atoms with Crippen molar-refractivity contribution >= 4 is 5.78 Å². The van der Waals surface area contributed by atoms with Gasteiger partial charge in [0, 0.05) is 6.42 Å². The number of rotatable bonds is 3. The highest BCUT2D eigenvalue weighted by Gasteiger charge is 2.06. The lowest BCUT2D eigenvalue weighted by Crippen LogP contribution is -2.02. The van der Waals surface area contributed by atoms with Crippen LogP contribution in [-0.2, 0) is 11.2 Å². The Hall–Kier alpha value is -1.69. The average Bonchev–Trinajstić information content (AvgIpc) is 2.20. The molecule has 0 aliphatic carbocycles. The molecule has 3 heteroatoms. The number of hydrogen-bond donors (Lipinski definition) is 0. The maximum absolute atomic E-state index is 12.8. The van der Waals surface area contributed by atoms with E-state index < -0.39 is 11.6 Å². The average molecular weight is 208 g/mol. The number of carbonyl (C=O) groups is 1. The summed E-state index contributed by atoms with van der Waals surface area (Å²) in [7, 11) is 0. The van der Waals surface area contributed by atoms with E-state index in [0.717, 1.165) is 12.1 Å². The van der Waals surface area contributed by atoms with Gasteiger partial charge in [-0.15, -0.1) is 5.92 Å². The van der Waals surface area contributed by atoms with Crippen molar-refractivity contribution in [2.24, 2.45) is 0 Å². The molecule has 1 rings (SSSR count). The molecule has 0 saturated carbocycles. The van der Waals surface area contributed by atoms with Gasteiger partial charge in [-0.1, -0.05) is 12.0 Å². The maximum atomic E-state index is 12.8. The highest BCUT2D eigenvalue weighted by Crippen LogP contribution is 2.09. The lowest BCUT2D eigenvalue weighted by atomic mass is 10.1. The van der Waals surface area contributed by atoms with Gasteiger partial charge in [0.1, 0.15) is 5.78 Å². The Morgan fingerprint density at radius 1 is 1.33 bits per heavy atom. The third-order valence-electron chi connectivity index (χ3n) is 1.85. The van der Waals surface area contributed by atoms with Gasteiger partial charge in [0.05, 0.1) is 6.42 Å². The molecule has 1 aromatic rings. The van der Waals surface area contributed by atoms with Crippen LogP contribution in [0.4, 0.5) is 8.78 Å². The molecule has 0 aliphatic heterocycles. The van der Waals surface area contributed by atoms with Gasteiger partial charge in [0.2, 0.25) is 0 Å². The maximum Gasteiger partial charge on any atom is 0.159 e. The lowest BCUT2D eigenvalue weighted by molar-refractivity contribution is -0.117. The van der Waals surface area contributed by atoms with Crippen molar-refractivity contribution in [3.63, 3.8) is 0 Å². The second kappa shape index (κ2) is 5.26. The molecule has 0 aliphatic rings. The quantitative estimate of drug-likeness (QED) is 0.697. The topological polar surface area (TPSA) is 17.1 Å². The summed E-state index contributed by atoms with van der Waals surface area (Å²) in [6.45, 7) is 1.64. The number of ketones is 1. The summed E-state index contributed by atoms with van der Waals surface area (Å²) < 4.78 is 25.3. The van der Waals surface area contributed by atoms with Gasteiger partial charge in [0.15, 0.2) is 11.6 Å². The molecule has 0 bridgehead atoms. The minimum atomic E-state index is -0.929. The molecule has 0 atom stereocenters. The van der Waals surface area contributed by atoms with Crippen LogP contribution >= 0.6 is 0 Å². The molecule has 1 aromatic carbocycles. The number of Topliss-reactive ketones (excluding diaryl/α,β-unsaturated/α-hetero) is 1. The van der Waals surface area contributed by atoms with Crippen LogP contribution in [0, 0.1) is 23.5 Å². The van der Waals surface area contributed by atoms with Gasteiger partial charge in [-0.05, 0) is 24.6 Å². The Morgan fingerprint density at radius 2 is 2.07 bits per heavy atom. The highest BCUT2D eigenvalue weighted by atomic mass is 19.2. The zero-order valence-corrected chi connectivity index (χ0v) is 8.31. The van der Waals surface area contributed by atoms with E-state index in [-0.39, 0.29) is 18.6 Å². The normalized spacial score (nSPS) is 9.27. The Bertz CT molecular complexity index is 427. The fourth-order valence-electron chi connectivity index (χ4n) is 1.13. The van der Waals surface area contributed by atoms with Gasteiger partial charge < -0.3 is 0 Å². The Kier molecular flexibility index (Phi) is 3.99. The fourth-order valence-corrected chi connectivity index (χ4v) is 1.13. The van der Waals surface area contributed by atoms with E-state index in [1.807, 2.05) is 0 Å². The summed E-state index contributed by atoms with van der Waals surface area (Å²) in [6.07, 6.45) is 0.237. The summed E-state index contributed by atoms with van der Waals surface area (Å²) in [5.74, 6) is 3.29. The van der Waals surface area contributed by atoms with Crippen LogP contribution in [0.5, 0.6) is 0 Å². The molecule has 0 amide bonds. The molecular formula is C12H10F2O. The Morgan fingerprint density at radius 3 is 2.67 bits per heavy atom. The van der Waals surface area contributed by atoms with E-state index in [0.29, 0.717) is 5.56 Å². The lowest BCUT2D eigenvalue weighted by Gasteiger charge is -1.99. The summed E-state index contributed by atoms with van der Waals surface area (Å²) in [4.78, 5) is 11.2. The first-order valence-corrected chi connectivity index (χ1v) is 4.48. The monoisotopic (exact) mass is 208 g/mol. The predicted octanol–water partition coefficient (Wildman–Crippen LogP) is 2.49. The predicted molar refractivity (Wildman–Crippen MR) is 53.1 cm³/mol. The Balaban J connectivity index is 2.67. The van der Waals surface area contributed by atoms with Crippen LogP contribution in [0.2, 0.25) is 0 Å². The van der Waals surface area contributed by atoms with Crippen LogP contribution in [-0.4, -0.2) is 5.78 Å². The van der Waals surface area contributed by atoms with Gasteiger partial charge in [-0.25, -0.2) is 8.78 Å². The largest absolute Gasteiger partial charge is 0.298 e. The first-order chi connectivity index (χ1) is 7.13.